The number of nitrogens with one attached hydrogen (secondary N) is 1. The summed E-state index contributed by atoms with van der Waals surface area (Å²) in [4.78, 5) is 37.8. The zero-order chi connectivity index (χ0) is 19.3. The first-order valence-corrected chi connectivity index (χ1v) is 7.98. The van der Waals surface area contributed by atoms with Crippen molar-refractivity contribution in [3.05, 3.63) is 46.7 Å². The van der Waals surface area contributed by atoms with Crippen molar-refractivity contribution < 1.29 is 28.6 Å². The minimum atomic E-state index is -0.680. The van der Waals surface area contributed by atoms with Crippen LogP contribution >= 0.6 is 0 Å². The second-order valence-corrected chi connectivity index (χ2v) is 5.63. The number of nitrogens with zero attached hydrogens (tertiary/aromatic N) is 1. The number of methoxy groups -OCH3 is 3. The van der Waals surface area contributed by atoms with E-state index in [1.165, 1.54) is 26.2 Å². The van der Waals surface area contributed by atoms with Crippen molar-refractivity contribution in [1.29, 1.82) is 0 Å². The van der Waals surface area contributed by atoms with Gasteiger partial charge in [-0.25, -0.2) is 14.4 Å². The van der Waals surface area contributed by atoms with Crippen molar-refractivity contribution in [3.63, 3.8) is 0 Å². The second kappa shape index (κ2) is 8.48. The normalized spacial score (nSPS) is 17.0. The summed E-state index contributed by atoms with van der Waals surface area (Å²) in [5.74, 6) is -0.998. The molecule has 1 atom stereocenters. The molecule has 1 aromatic carbocycles. The van der Waals surface area contributed by atoms with Gasteiger partial charge in [0.15, 0.2) is 0 Å². The highest BCUT2D eigenvalue weighted by molar-refractivity contribution is 5.95. The smallest absolute Gasteiger partial charge is 0.337 e. The number of urea groups is 1. The summed E-state index contributed by atoms with van der Waals surface area (Å²) in [6, 6.07) is 5.47. The van der Waals surface area contributed by atoms with E-state index < -0.39 is 18.0 Å². The lowest BCUT2D eigenvalue weighted by molar-refractivity contribution is -0.136. The molecule has 1 N–H and O–H groups in total. The summed E-state index contributed by atoms with van der Waals surface area (Å²) < 4.78 is 14.6. The van der Waals surface area contributed by atoms with E-state index >= 15 is 0 Å². The number of hydrogen-bond acceptors (Lipinski definition) is 6. The summed E-state index contributed by atoms with van der Waals surface area (Å²) in [5, 5.41) is 2.81. The lowest BCUT2D eigenvalue weighted by Gasteiger charge is -2.35. The van der Waals surface area contributed by atoms with Gasteiger partial charge in [-0.3, -0.25) is 4.90 Å². The van der Waals surface area contributed by atoms with Gasteiger partial charge in [0.2, 0.25) is 0 Å². The van der Waals surface area contributed by atoms with E-state index in [4.69, 9.17) is 9.47 Å². The Labute approximate surface area is 151 Å². The molecule has 0 radical (unpaired) electrons. The van der Waals surface area contributed by atoms with Crippen molar-refractivity contribution in [1.82, 2.24) is 10.2 Å². The van der Waals surface area contributed by atoms with Crippen LogP contribution in [0.15, 0.2) is 35.5 Å². The Bertz CT molecular complexity index is 726. The molecule has 0 saturated heterocycles. The predicted molar refractivity (Wildman–Crippen MR) is 92.4 cm³/mol. The van der Waals surface area contributed by atoms with Gasteiger partial charge in [-0.05, 0) is 24.6 Å². The van der Waals surface area contributed by atoms with Crippen molar-refractivity contribution in [2.45, 2.75) is 13.0 Å². The molecule has 8 heteroatoms. The molecule has 2 rings (SSSR count). The minimum Gasteiger partial charge on any atom is -0.466 e. The number of esters is 2. The Hall–Kier alpha value is -2.87. The number of carbonyl (C=O) groups excluding carboxylic acids is 3. The number of ether oxygens (including phenoxy) is 3. The predicted octanol–water partition coefficient (Wildman–Crippen LogP) is 1.63. The monoisotopic (exact) mass is 362 g/mol. The highest BCUT2D eigenvalue weighted by Crippen LogP contribution is 2.31. The number of hydrogen-bond donors (Lipinski definition) is 1. The number of amides is 2. The average Bonchev–Trinajstić information content (AvgIpc) is 2.66. The number of rotatable bonds is 6. The summed E-state index contributed by atoms with van der Waals surface area (Å²) in [6.45, 7) is 2.33. The van der Waals surface area contributed by atoms with E-state index in [0.29, 0.717) is 35.5 Å². The lowest BCUT2D eigenvalue weighted by Crippen LogP contribution is -2.48. The second-order valence-electron chi connectivity index (χ2n) is 5.63. The minimum absolute atomic E-state index is 0.308. The third kappa shape index (κ3) is 3.85. The van der Waals surface area contributed by atoms with E-state index in [1.807, 2.05) is 0 Å². The molecule has 140 valence electrons. The van der Waals surface area contributed by atoms with Gasteiger partial charge in [0, 0.05) is 12.8 Å². The molecule has 1 aromatic rings. The van der Waals surface area contributed by atoms with Crippen LogP contribution in [0.25, 0.3) is 0 Å². The number of benzene rings is 1. The van der Waals surface area contributed by atoms with Crippen LogP contribution in [0.2, 0.25) is 0 Å². The molecule has 0 unspecified atom stereocenters. The van der Waals surface area contributed by atoms with Gasteiger partial charge in [-0.1, -0.05) is 12.1 Å². The molecule has 2 amide bonds. The summed E-state index contributed by atoms with van der Waals surface area (Å²) >= 11 is 0. The molecule has 1 aliphatic heterocycles. The third-order valence-corrected chi connectivity index (χ3v) is 4.19. The van der Waals surface area contributed by atoms with Gasteiger partial charge in [0.25, 0.3) is 0 Å². The zero-order valence-electron chi connectivity index (χ0n) is 15.2. The fourth-order valence-corrected chi connectivity index (χ4v) is 2.79. The van der Waals surface area contributed by atoms with Gasteiger partial charge in [0.1, 0.15) is 0 Å². The molecule has 0 bridgehead atoms. The van der Waals surface area contributed by atoms with Crippen molar-refractivity contribution in [2.24, 2.45) is 0 Å². The summed E-state index contributed by atoms with van der Waals surface area (Å²) in [5.41, 5.74) is 1.85. The molecule has 1 heterocycles. The van der Waals surface area contributed by atoms with Crippen LogP contribution < -0.4 is 5.32 Å². The highest BCUT2D eigenvalue weighted by Gasteiger charge is 2.36. The average molecular weight is 362 g/mol. The van der Waals surface area contributed by atoms with E-state index in [9.17, 15) is 14.4 Å². The number of carbonyl (C=O) groups is 3. The molecular formula is C18H22N2O6. The fourth-order valence-electron chi connectivity index (χ4n) is 2.79. The summed E-state index contributed by atoms with van der Waals surface area (Å²) in [7, 11) is 4.12. The Morgan fingerprint density at radius 1 is 1.08 bits per heavy atom. The maximum Gasteiger partial charge on any atom is 0.337 e. The molecular weight excluding hydrogens is 340 g/mol. The molecule has 0 fully saturated rings. The van der Waals surface area contributed by atoms with E-state index in [-0.39, 0.29) is 6.03 Å². The van der Waals surface area contributed by atoms with Gasteiger partial charge in [0.05, 0.1) is 44.5 Å². The molecule has 8 nitrogen and oxygen atoms in total. The van der Waals surface area contributed by atoms with Crippen LogP contribution in [-0.4, -0.2) is 57.4 Å². The first-order chi connectivity index (χ1) is 12.4. The Morgan fingerprint density at radius 3 is 2.23 bits per heavy atom. The lowest BCUT2D eigenvalue weighted by atomic mass is 9.94. The Kier molecular flexibility index (Phi) is 6.35. The number of allylic oxidation sites excluding steroid dienone is 1. The van der Waals surface area contributed by atoms with E-state index in [0.717, 1.165) is 0 Å². The van der Waals surface area contributed by atoms with E-state index in [2.05, 4.69) is 10.1 Å². The molecule has 0 spiro atoms. The quantitative estimate of drug-likeness (QED) is 0.773. The highest BCUT2D eigenvalue weighted by atomic mass is 16.5. The standard InChI is InChI=1S/C18H22N2O6/c1-11-14(17(22)26-4)15(19-18(23)20(11)9-10-24-2)12-5-7-13(8-6-12)16(21)25-3/h5-8,15H,9-10H2,1-4H3,(H,19,23)/t15-/m1/s1. The first kappa shape index (κ1) is 19.5. The largest absolute Gasteiger partial charge is 0.466 e. The Balaban J connectivity index is 2.43. The van der Waals surface area contributed by atoms with Crippen LogP contribution in [0.3, 0.4) is 0 Å². The van der Waals surface area contributed by atoms with Crippen LogP contribution in [0, 0.1) is 0 Å². The van der Waals surface area contributed by atoms with Crippen LogP contribution in [0.1, 0.15) is 28.9 Å². The Morgan fingerprint density at radius 2 is 1.69 bits per heavy atom. The topological polar surface area (TPSA) is 94.2 Å². The van der Waals surface area contributed by atoms with Crippen LogP contribution in [-0.2, 0) is 19.0 Å². The molecule has 26 heavy (non-hydrogen) atoms. The van der Waals surface area contributed by atoms with Crippen LogP contribution in [0.4, 0.5) is 4.79 Å². The first-order valence-electron chi connectivity index (χ1n) is 7.98. The molecule has 0 saturated carbocycles. The maximum absolute atomic E-state index is 12.5. The molecule has 0 aliphatic carbocycles. The van der Waals surface area contributed by atoms with Gasteiger partial charge < -0.3 is 19.5 Å². The molecule has 1 aliphatic rings. The van der Waals surface area contributed by atoms with Gasteiger partial charge >= 0.3 is 18.0 Å². The van der Waals surface area contributed by atoms with Crippen LogP contribution in [0.5, 0.6) is 0 Å². The van der Waals surface area contributed by atoms with Crippen molar-refractivity contribution in [2.75, 3.05) is 34.5 Å². The van der Waals surface area contributed by atoms with Gasteiger partial charge in [-0.15, -0.1) is 0 Å². The van der Waals surface area contributed by atoms with Crippen molar-refractivity contribution in [3.8, 4) is 0 Å². The summed E-state index contributed by atoms with van der Waals surface area (Å²) in [6.07, 6.45) is 0. The third-order valence-electron chi connectivity index (χ3n) is 4.19. The van der Waals surface area contributed by atoms with Gasteiger partial charge in [-0.2, -0.15) is 0 Å². The SMILES string of the molecule is COCCN1C(=O)N[C@H](c2ccc(C(=O)OC)cc2)C(C(=O)OC)=C1C. The maximum atomic E-state index is 12.5. The molecule has 0 aromatic heterocycles. The van der Waals surface area contributed by atoms with E-state index in [1.54, 1.807) is 31.2 Å². The zero-order valence-corrected chi connectivity index (χ0v) is 15.2. The fraction of sp³-hybridized carbons (Fsp3) is 0.389. The van der Waals surface area contributed by atoms with Crippen molar-refractivity contribution >= 4 is 18.0 Å².